The fraction of sp³-hybridized carbons (Fsp3) is 0.800. The van der Waals surface area contributed by atoms with Crippen LogP contribution in [0.2, 0.25) is 0 Å². The number of carbonyl (C=O) groups is 5. The number of carbonyl (C=O) groups excluding carboxylic acids is 4. The van der Waals surface area contributed by atoms with Crippen LogP contribution in [0.3, 0.4) is 0 Å². The molecule has 3 heterocycles. The van der Waals surface area contributed by atoms with Gasteiger partial charge in [-0.15, -0.1) is 0 Å². The third kappa shape index (κ3) is 6.16. The highest BCUT2D eigenvalue weighted by Gasteiger charge is 2.44. The molecule has 0 spiro atoms. The fourth-order valence-corrected chi connectivity index (χ4v) is 5.40. The Balaban J connectivity index is 1.70. The van der Waals surface area contributed by atoms with Crippen molar-refractivity contribution >= 4 is 29.6 Å². The normalized spacial score (nSPS) is 25.8. The lowest BCUT2D eigenvalue weighted by atomic mass is 9.98. The predicted molar refractivity (Wildman–Crippen MR) is 132 cm³/mol. The molecule has 0 saturated carbocycles. The van der Waals surface area contributed by atoms with E-state index in [1.165, 1.54) is 9.80 Å². The van der Waals surface area contributed by atoms with E-state index in [2.05, 4.69) is 16.0 Å². The molecule has 0 aromatic rings. The Kier molecular flexibility index (Phi) is 9.32. The first-order chi connectivity index (χ1) is 17.0. The van der Waals surface area contributed by atoms with Crippen LogP contribution in [0.25, 0.3) is 0 Å². The lowest BCUT2D eigenvalue weighted by molar-refractivity contribution is -0.152. The number of carboxylic acid groups (broad SMARTS) is 1. The minimum atomic E-state index is -1.03. The van der Waals surface area contributed by atoms with Crippen LogP contribution in [0.15, 0.2) is 0 Å². The summed E-state index contributed by atoms with van der Waals surface area (Å²) in [6.07, 6.45) is 3.74. The average molecular weight is 508 g/mol. The number of rotatable bonds is 9. The van der Waals surface area contributed by atoms with Gasteiger partial charge in [0.1, 0.15) is 24.2 Å². The van der Waals surface area contributed by atoms with Gasteiger partial charge in [-0.1, -0.05) is 27.7 Å². The Bertz CT molecular complexity index is 856. The number of likely N-dealkylation sites (tertiary alicyclic amines) is 2. The van der Waals surface area contributed by atoms with Gasteiger partial charge in [0.05, 0.1) is 6.04 Å². The third-order valence-corrected chi connectivity index (χ3v) is 7.50. The summed E-state index contributed by atoms with van der Waals surface area (Å²) < 4.78 is 0. The van der Waals surface area contributed by atoms with Crippen molar-refractivity contribution in [3.05, 3.63) is 0 Å². The van der Waals surface area contributed by atoms with E-state index in [9.17, 15) is 29.1 Å². The molecule has 3 rings (SSSR count). The number of hydrogen-bond donors (Lipinski definition) is 4. The maximum atomic E-state index is 13.6. The highest BCUT2D eigenvalue weighted by molar-refractivity contribution is 5.96. The maximum Gasteiger partial charge on any atom is 0.326 e. The number of carboxylic acids is 1. The van der Waals surface area contributed by atoms with Crippen molar-refractivity contribution in [2.24, 2.45) is 11.8 Å². The third-order valence-electron chi connectivity index (χ3n) is 7.50. The van der Waals surface area contributed by atoms with Gasteiger partial charge < -0.3 is 30.9 Å². The molecule has 0 bridgehead atoms. The summed E-state index contributed by atoms with van der Waals surface area (Å²) in [6, 6.07) is -3.59. The molecule has 11 nitrogen and oxygen atoms in total. The van der Waals surface area contributed by atoms with E-state index in [1.54, 1.807) is 0 Å². The molecule has 0 radical (unpaired) electrons. The molecule has 5 atom stereocenters. The first-order valence-corrected chi connectivity index (χ1v) is 13.2. The van der Waals surface area contributed by atoms with Crippen molar-refractivity contribution in [3.63, 3.8) is 0 Å². The van der Waals surface area contributed by atoms with E-state index in [0.717, 1.165) is 19.4 Å². The van der Waals surface area contributed by atoms with Gasteiger partial charge in [0.25, 0.3) is 0 Å². The van der Waals surface area contributed by atoms with Gasteiger partial charge >= 0.3 is 5.97 Å². The summed E-state index contributed by atoms with van der Waals surface area (Å²) in [5, 5.41) is 18.3. The molecule has 202 valence electrons. The van der Waals surface area contributed by atoms with Gasteiger partial charge in [0.2, 0.25) is 23.6 Å². The van der Waals surface area contributed by atoms with Gasteiger partial charge in [0, 0.05) is 13.1 Å². The summed E-state index contributed by atoms with van der Waals surface area (Å²) in [5.74, 6) is -2.83. The Morgan fingerprint density at radius 2 is 1.42 bits per heavy atom. The molecule has 36 heavy (non-hydrogen) atoms. The Morgan fingerprint density at radius 1 is 0.806 bits per heavy atom. The standard InChI is InChI=1S/C25H41N5O6/c1-14(2)19(27-21(31)16-8-5-11-26-16)22(32)28-20(15(3)4)24(34)29-12-6-9-17(29)23(33)30-13-7-10-18(30)25(35)36/h14-20,26H,5-13H2,1-4H3,(H,27,31)(H,28,32)(H,35,36)/t16-,17-,18-,19-,20-/m0/s1. The molecule has 3 aliphatic rings. The topological polar surface area (TPSA) is 148 Å². The molecule has 0 aliphatic carbocycles. The van der Waals surface area contributed by atoms with Crippen LogP contribution < -0.4 is 16.0 Å². The van der Waals surface area contributed by atoms with Gasteiger partial charge in [-0.05, 0) is 56.9 Å². The lowest BCUT2D eigenvalue weighted by Gasteiger charge is -2.34. The largest absolute Gasteiger partial charge is 0.480 e. The molecule has 0 aromatic carbocycles. The summed E-state index contributed by atoms with van der Waals surface area (Å²) in [7, 11) is 0. The van der Waals surface area contributed by atoms with Crippen LogP contribution in [-0.4, -0.2) is 94.3 Å². The monoisotopic (exact) mass is 507 g/mol. The first-order valence-electron chi connectivity index (χ1n) is 13.2. The van der Waals surface area contributed by atoms with Crippen molar-refractivity contribution < 1.29 is 29.1 Å². The van der Waals surface area contributed by atoms with Crippen molar-refractivity contribution in [1.29, 1.82) is 0 Å². The molecule has 3 saturated heterocycles. The van der Waals surface area contributed by atoms with Gasteiger partial charge in [-0.3, -0.25) is 19.2 Å². The Morgan fingerprint density at radius 3 is 1.97 bits per heavy atom. The molecule has 3 fully saturated rings. The predicted octanol–water partition coefficient (Wildman–Crippen LogP) is 0.0866. The second-order valence-corrected chi connectivity index (χ2v) is 10.8. The highest BCUT2D eigenvalue weighted by atomic mass is 16.4. The maximum absolute atomic E-state index is 13.6. The zero-order valence-corrected chi connectivity index (χ0v) is 21.8. The molecular weight excluding hydrogens is 466 g/mol. The zero-order valence-electron chi connectivity index (χ0n) is 21.8. The van der Waals surface area contributed by atoms with Crippen molar-refractivity contribution in [2.75, 3.05) is 19.6 Å². The molecule has 4 N–H and O–H groups in total. The SMILES string of the molecule is CC(C)[C@H](NC(=O)[C@@H]1CCCN1)C(=O)N[C@H](C(=O)N1CCC[C@H]1C(=O)N1CCC[C@H]1C(=O)O)C(C)C. The summed E-state index contributed by atoms with van der Waals surface area (Å²) >= 11 is 0. The molecular formula is C25H41N5O6. The lowest BCUT2D eigenvalue weighted by Crippen LogP contribution is -2.60. The summed E-state index contributed by atoms with van der Waals surface area (Å²) in [5.41, 5.74) is 0. The molecule has 0 aromatic heterocycles. The minimum absolute atomic E-state index is 0.192. The van der Waals surface area contributed by atoms with Crippen LogP contribution in [0.4, 0.5) is 0 Å². The Hall–Kier alpha value is -2.69. The summed E-state index contributed by atoms with van der Waals surface area (Å²) in [4.78, 5) is 67.2. The smallest absolute Gasteiger partial charge is 0.326 e. The van der Waals surface area contributed by atoms with E-state index in [1.807, 2.05) is 27.7 Å². The molecule has 0 unspecified atom stereocenters. The van der Waals surface area contributed by atoms with E-state index in [0.29, 0.717) is 38.8 Å². The van der Waals surface area contributed by atoms with Crippen molar-refractivity contribution in [2.45, 2.75) is 96.4 Å². The van der Waals surface area contributed by atoms with Crippen LogP contribution in [0, 0.1) is 11.8 Å². The van der Waals surface area contributed by atoms with Crippen LogP contribution in [-0.2, 0) is 24.0 Å². The molecule has 4 amide bonds. The van der Waals surface area contributed by atoms with Crippen LogP contribution in [0.1, 0.15) is 66.2 Å². The number of amides is 4. The van der Waals surface area contributed by atoms with Gasteiger partial charge in [-0.25, -0.2) is 4.79 Å². The summed E-state index contributed by atoms with van der Waals surface area (Å²) in [6.45, 7) is 8.82. The first kappa shape index (κ1) is 27.9. The van der Waals surface area contributed by atoms with Crippen molar-refractivity contribution in [1.82, 2.24) is 25.8 Å². The van der Waals surface area contributed by atoms with E-state index < -0.39 is 36.0 Å². The molecule has 3 aliphatic heterocycles. The van der Waals surface area contributed by atoms with E-state index >= 15 is 0 Å². The van der Waals surface area contributed by atoms with Gasteiger partial charge in [0.15, 0.2) is 0 Å². The van der Waals surface area contributed by atoms with Crippen LogP contribution in [0.5, 0.6) is 0 Å². The molecule has 11 heteroatoms. The zero-order chi connectivity index (χ0) is 26.6. The number of aliphatic carboxylic acids is 1. The van der Waals surface area contributed by atoms with Crippen LogP contribution >= 0.6 is 0 Å². The number of nitrogens with one attached hydrogen (secondary N) is 3. The van der Waals surface area contributed by atoms with Crippen molar-refractivity contribution in [3.8, 4) is 0 Å². The second-order valence-electron chi connectivity index (χ2n) is 10.8. The second kappa shape index (κ2) is 12.0. The highest BCUT2D eigenvalue weighted by Crippen LogP contribution is 2.26. The fourth-order valence-electron chi connectivity index (χ4n) is 5.40. The van der Waals surface area contributed by atoms with E-state index in [4.69, 9.17) is 0 Å². The number of hydrogen-bond acceptors (Lipinski definition) is 6. The van der Waals surface area contributed by atoms with Gasteiger partial charge in [-0.2, -0.15) is 0 Å². The number of nitrogens with zero attached hydrogens (tertiary/aromatic N) is 2. The average Bonchev–Trinajstić information content (AvgIpc) is 3.60. The minimum Gasteiger partial charge on any atom is -0.480 e. The van der Waals surface area contributed by atoms with E-state index in [-0.39, 0.29) is 35.6 Å². The Labute approximate surface area is 212 Å². The quantitative estimate of drug-likeness (QED) is 0.346.